The Morgan fingerprint density at radius 3 is 1.62 bits per heavy atom. The zero-order chi connectivity index (χ0) is 21.7. The maximum Gasteiger partial charge on any atom is 0.340 e. The van der Waals surface area contributed by atoms with Crippen LogP contribution in [-0.2, 0) is 9.47 Å². The molecule has 0 bridgehead atoms. The highest BCUT2D eigenvalue weighted by atomic mass is 31.0. The van der Waals surface area contributed by atoms with Crippen LogP contribution in [0.3, 0.4) is 0 Å². The summed E-state index contributed by atoms with van der Waals surface area (Å²) >= 11 is 0. The van der Waals surface area contributed by atoms with Crippen LogP contribution in [0.25, 0.3) is 11.1 Å². The summed E-state index contributed by atoms with van der Waals surface area (Å²) in [7, 11) is 2.64. The van der Waals surface area contributed by atoms with Crippen LogP contribution in [0.1, 0.15) is 85.5 Å². The fourth-order valence-electron chi connectivity index (χ4n) is 3.22. The summed E-state index contributed by atoms with van der Waals surface area (Å²) in [5.41, 5.74) is 3.23. The molecular formula is C23H30NO4P. The zero-order valence-corrected chi connectivity index (χ0v) is 19.2. The largest absolute Gasteiger partial charge is 0.462 e. The van der Waals surface area contributed by atoms with E-state index in [1.165, 1.54) is 0 Å². The normalized spacial score (nSPS) is 11.1. The average molecular weight is 415 g/mol. The molecule has 6 heteroatoms. The van der Waals surface area contributed by atoms with Gasteiger partial charge in [0.25, 0.3) is 0 Å². The van der Waals surface area contributed by atoms with E-state index in [1.807, 2.05) is 52.0 Å². The van der Waals surface area contributed by atoms with Gasteiger partial charge in [0.2, 0.25) is 0 Å². The van der Waals surface area contributed by atoms with Crippen molar-refractivity contribution in [1.29, 1.82) is 0 Å². The number of hydrogen-bond acceptors (Lipinski definition) is 5. The van der Waals surface area contributed by atoms with Gasteiger partial charge in [-0.2, -0.15) is 0 Å². The van der Waals surface area contributed by atoms with Gasteiger partial charge in [-0.15, -0.1) is 9.24 Å². The van der Waals surface area contributed by atoms with Gasteiger partial charge in [-0.25, -0.2) is 9.59 Å². The van der Waals surface area contributed by atoms with Crippen LogP contribution in [0.5, 0.6) is 0 Å². The number of nitrogens with zero attached hydrogens (tertiary/aromatic N) is 1. The molecule has 0 N–H and O–H groups in total. The van der Waals surface area contributed by atoms with Crippen LogP contribution in [-0.4, -0.2) is 30.1 Å². The zero-order valence-electron chi connectivity index (χ0n) is 18.0. The number of rotatable bonds is 7. The third-order valence-electron chi connectivity index (χ3n) is 4.51. The molecule has 1 atom stereocenters. The van der Waals surface area contributed by atoms with Gasteiger partial charge in [0.15, 0.2) is 0 Å². The monoisotopic (exact) mass is 415 g/mol. The van der Waals surface area contributed by atoms with Gasteiger partial charge in [-0.1, -0.05) is 52.0 Å². The number of aromatic nitrogens is 1. The second-order valence-corrected chi connectivity index (χ2v) is 8.05. The van der Waals surface area contributed by atoms with Crippen molar-refractivity contribution in [1.82, 2.24) is 4.98 Å². The van der Waals surface area contributed by atoms with Crippen molar-refractivity contribution in [3.05, 3.63) is 46.8 Å². The minimum atomic E-state index is -0.477. The third kappa shape index (κ3) is 5.02. The van der Waals surface area contributed by atoms with Gasteiger partial charge in [-0.3, -0.25) is 4.98 Å². The molecule has 1 aromatic heterocycles. The van der Waals surface area contributed by atoms with Crippen LogP contribution < -0.4 is 5.30 Å². The van der Waals surface area contributed by atoms with Crippen LogP contribution in [0.2, 0.25) is 0 Å². The highest BCUT2D eigenvalue weighted by Crippen LogP contribution is 2.37. The molecule has 0 aliphatic rings. The Bertz CT molecular complexity index is 840. The van der Waals surface area contributed by atoms with Crippen molar-refractivity contribution in [2.75, 3.05) is 13.2 Å². The maximum atomic E-state index is 13.0. The summed E-state index contributed by atoms with van der Waals surface area (Å²) < 4.78 is 10.7. The summed E-state index contributed by atoms with van der Waals surface area (Å²) in [6, 6.07) is 7.65. The van der Waals surface area contributed by atoms with Gasteiger partial charge in [0, 0.05) is 5.56 Å². The first-order chi connectivity index (χ1) is 13.7. The fourth-order valence-corrected chi connectivity index (χ4v) is 3.41. The third-order valence-corrected chi connectivity index (χ3v) is 4.89. The van der Waals surface area contributed by atoms with Crippen molar-refractivity contribution in [2.45, 2.75) is 53.4 Å². The lowest BCUT2D eigenvalue weighted by molar-refractivity contribution is 0.0523. The summed E-state index contributed by atoms with van der Waals surface area (Å²) in [5.74, 6) is -1.00. The number of hydrogen-bond donors (Lipinski definition) is 0. The quantitative estimate of drug-likeness (QED) is 0.478. The van der Waals surface area contributed by atoms with E-state index in [9.17, 15) is 9.59 Å². The predicted octanol–water partition coefficient (Wildman–Crippen LogP) is 4.85. The van der Waals surface area contributed by atoms with E-state index in [0.29, 0.717) is 28.1 Å². The molecule has 5 nitrogen and oxygen atoms in total. The summed E-state index contributed by atoms with van der Waals surface area (Å²) in [6.45, 7) is 11.9. The van der Waals surface area contributed by atoms with Crippen LogP contribution in [0, 0.1) is 0 Å². The standard InChI is InChI=1S/C23H30NO4P/c1-7-27-22(25)18-17(15-9-11-16(29)12-10-15)19(23(26)28-8-2)21(14(5)6)24-20(18)13(3)4/h9-14H,7-8,29H2,1-6H3. The molecule has 0 aliphatic heterocycles. The van der Waals surface area contributed by atoms with Crippen LogP contribution in [0.15, 0.2) is 24.3 Å². The molecule has 0 saturated carbocycles. The number of carbonyl (C=O) groups is 2. The first kappa shape index (κ1) is 23.0. The van der Waals surface area contributed by atoms with E-state index in [1.54, 1.807) is 13.8 Å². The minimum absolute atomic E-state index is 0.0251. The molecule has 156 valence electrons. The SMILES string of the molecule is CCOC(=O)c1c(C(C)C)nc(C(C)C)c(C(=O)OCC)c1-c1ccc(P)cc1. The van der Waals surface area contributed by atoms with Gasteiger partial charge in [0.1, 0.15) is 0 Å². The molecule has 1 unspecified atom stereocenters. The van der Waals surface area contributed by atoms with Crippen molar-refractivity contribution in [3.63, 3.8) is 0 Å². The summed E-state index contributed by atoms with van der Waals surface area (Å²) in [6.07, 6.45) is 0. The number of ether oxygens (including phenoxy) is 2. The molecule has 0 aliphatic carbocycles. The molecule has 0 fully saturated rings. The van der Waals surface area contributed by atoms with Crippen molar-refractivity contribution >= 4 is 26.5 Å². The summed E-state index contributed by atoms with van der Waals surface area (Å²) in [5, 5.41) is 1.01. The number of pyridine rings is 1. The van der Waals surface area contributed by atoms with Crippen LogP contribution >= 0.6 is 9.24 Å². The predicted molar refractivity (Wildman–Crippen MR) is 119 cm³/mol. The molecule has 0 radical (unpaired) electrons. The Morgan fingerprint density at radius 1 is 0.862 bits per heavy atom. The summed E-state index contributed by atoms with van der Waals surface area (Å²) in [4.78, 5) is 30.8. The molecule has 0 amide bonds. The van der Waals surface area contributed by atoms with Gasteiger partial charge < -0.3 is 9.47 Å². The lowest BCUT2D eigenvalue weighted by Gasteiger charge is -2.23. The molecule has 1 aromatic carbocycles. The van der Waals surface area contributed by atoms with E-state index in [0.717, 1.165) is 10.9 Å². The Labute approximate surface area is 175 Å². The van der Waals surface area contributed by atoms with Crippen molar-refractivity contribution < 1.29 is 19.1 Å². The molecule has 2 aromatic rings. The Balaban J connectivity index is 3.03. The maximum absolute atomic E-state index is 13.0. The van der Waals surface area contributed by atoms with Gasteiger partial charge in [0.05, 0.1) is 35.7 Å². The highest BCUT2D eigenvalue weighted by Gasteiger charge is 2.31. The smallest absolute Gasteiger partial charge is 0.340 e. The molecule has 29 heavy (non-hydrogen) atoms. The first-order valence-electron chi connectivity index (χ1n) is 10.0. The van der Waals surface area contributed by atoms with E-state index >= 15 is 0 Å². The minimum Gasteiger partial charge on any atom is -0.462 e. The molecule has 1 heterocycles. The highest BCUT2D eigenvalue weighted by molar-refractivity contribution is 7.27. The second kappa shape index (κ2) is 9.98. The van der Waals surface area contributed by atoms with Gasteiger partial charge >= 0.3 is 11.9 Å². The molecule has 0 spiro atoms. The number of esters is 2. The van der Waals surface area contributed by atoms with E-state index in [2.05, 4.69) is 9.24 Å². The van der Waals surface area contributed by atoms with E-state index in [-0.39, 0.29) is 25.0 Å². The van der Waals surface area contributed by atoms with Gasteiger partial charge in [-0.05, 0) is 36.6 Å². The molecular weight excluding hydrogens is 385 g/mol. The fraction of sp³-hybridized carbons (Fsp3) is 0.435. The Kier molecular flexibility index (Phi) is 7.92. The number of benzene rings is 1. The first-order valence-corrected chi connectivity index (χ1v) is 10.6. The van der Waals surface area contributed by atoms with Crippen molar-refractivity contribution in [3.8, 4) is 11.1 Å². The Hall–Kier alpha value is -2.26. The molecule has 0 saturated heterocycles. The topological polar surface area (TPSA) is 65.5 Å². The lowest BCUT2D eigenvalue weighted by atomic mass is 9.87. The second-order valence-electron chi connectivity index (χ2n) is 7.38. The van der Waals surface area contributed by atoms with Crippen LogP contribution in [0.4, 0.5) is 0 Å². The lowest BCUT2D eigenvalue weighted by Crippen LogP contribution is -2.21. The molecule has 2 rings (SSSR count). The Morgan fingerprint density at radius 2 is 1.28 bits per heavy atom. The average Bonchev–Trinajstić information content (AvgIpc) is 2.67. The number of carbonyl (C=O) groups excluding carboxylic acids is 2. The van der Waals surface area contributed by atoms with E-state index in [4.69, 9.17) is 14.5 Å². The van der Waals surface area contributed by atoms with E-state index < -0.39 is 11.9 Å². The van der Waals surface area contributed by atoms with Crippen molar-refractivity contribution in [2.24, 2.45) is 0 Å².